The van der Waals surface area contributed by atoms with Crippen LogP contribution in [-0.4, -0.2) is 25.8 Å². The number of halogens is 2. The Bertz CT molecular complexity index is 386. The van der Waals surface area contributed by atoms with Gasteiger partial charge in [0, 0.05) is 35.7 Å². The molecular formula is C13H17BrClNO. The fourth-order valence-corrected chi connectivity index (χ4v) is 2.73. The number of nitrogens with zero attached hydrogens (tertiary/aromatic N) is 1. The van der Waals surface area contributed by atoms with E-state index in [0.717, 1.165) is 30.6 Å². The van der Waals surface area contributed by atoms with E-state index >= 15 is 0 Å². The first-order chi connectivity index (χ1) is 8.20. The van der Waals surface area contributed by atoms with E-state index in [1.807, 2.05) is 6.07 Å². The van der Waals surface area contributed by atoms with Crippen LogP contribution in [0.3, 0.4) is 0 Å². The van der Waals surface area contributed by atoms with Crippen molar-refractivity contribution in [1.82, 2.24) is 0 Å². The van der Waals surface area contributed by atoms with Crippen LogP contribution in [0.1, 0.15) is 18.9 Å². The van der Waals surface area contributed by atoms with Gasteiger partial charge in [-0.25, -0.2) is 0 Å². The molecular weight excluding hydrogens is 302 g/mol. The van der Waals surface area contributed by atoms with Crippen LogP contribution in [0, 0.1) is 0 Å². The molecule has 0 bridgehead atoms. The fourth-order valence-electron chi connectivity index (χ4n) is 2.16. The maximum Gasteiger partial charge on any atom is 0.0721 e. The Morgan fingerprint density at radius 2 is 2.35 bits per heavy atom. The van der Waals surface area contributed by atoms with Gasteiger partial charge in [-0.1, -0.05) is 22.0 Å². The topological polar surface area (TPSA) is 12.5 Å². The number of benzene rings is 1. The van der Waals surface area contributed by atoms with Crippen molar-refractivity contribution in [2.45, 2.75) is 25.3 Å². The van der Waals surface area contributed by atoms with Crippen LogP contribution in [0.4, 0.5) is 5.69 Å². The summed E-state index contributed by atoms with van der Waals surface area (Å²) in [6, 6.07) is 6.28. The molecule has 0 N–H and O–H groups in total. The molecule has 1 aliphatic heterocycles. The third-order valence-corrected chi connectivity index (χ3v) is 3.77. The number of anilines is 1. The Morgan fingerprint density at radius 3 is 3.12 bits per heavy atom. The number of ether oxygens (including phenoxy) is 1. The molecule has 0 spiro atoms. The van der Waals surface area contributed by atoms with Crippen molar-refractivity contribution in [3.63, 3.8) is 0 Å². The van der Waals surface area contributed by atoms with Crippen LogP contribution in [0.2, 0.25) is 0 Å². The van der Waals surface area contributed by atoms with Crippen LogP contribution in [0.5, 0.6) is 0 Å². The van der Waals surface area contributed by atoms with Gasteiger partial charge < -0.3 is 9.64 Å². The van der Waals surface area contributed by atoms with Crippen molar-refractivity contribution in [1.29, 1.82) is 0 Å². The molecule has 1 aromatic rings. The van der Waals surface area contributed by atoms with Crippen LogP contribution < -0.4 is 4.90 Å². The van der Waals surface area contributed by atoms with Gasteiger partial charge in [0.2, 0.25) is 0 Å². The lowest BCUT2D eigenvalue weighted by molar-refractivity contribution is 0.0821. The van der Waals surface area contributed by atoms with E-state index < -0.39 is 0 Å². The highest BCUT2D eigenvalue weighted by atomic mass is 79.9. The van der Waals surface area contributed by atoms with Gasteiger partial charge in [-0.2, -0.15) is 0 Å². The van der Waals surface area contributed by atoms with Crippen molar-refractivity contribution in [3.8, 4) is 0 Å². The van der Waals surface area contributed by atoms with Gasteiger partial charge in [-0.3, -0.25) is 0 Å². The van der Waals surface area contributed by atoms with Gasteiger partial charge in [0.25, 0.3) is 0 Å². The van der Waals surface area contributed by atoms with Gasteiger partial charge >= 0.3 is 0 Å². The predicted molar refractivity (Wildman–Crippen MR) is 75.9 cm³/mol. The summed E-state index contributed by atoms with van der Waals surface area (Å²) < 4.78 is 6.77. The molecule has 2 nitrogen and oxygen atoms in total. The number of alkyl halides is 1. The second-order valence-corrected chi connectivity index (χ2v) is 5.57. The van der Waals surface area contributed by atoms with Gasteiger partial charge in [-0.15, -0.1) is 11.6 Å². The first-order valence-electron chi connectivity index (χ1n) is 5.91. The molecule has 1 heterocycles. The smallest absolute Gasteiger partial charge is 0.0721 e. The third kappa shape index (κ3) is 3.36. The normalized spacial score (nSPS) is 21.4. The molecule has 0 aromatic heterocycles. The fraction of sp³-hybridized carbons (Fsp3) is 0.538. The minimum atomic E-state index is 0.277. The third-order valence-electron chi connectivity index (χ3n) is 2.98. The molecule has 0 radical (unpaired) electrons. The molecule has 1 atom stereocenters. The molecule has 0 saturated carbocycles. The summed E-state index contributed by atoms with van der Waals surface area (Å²) in [6.45, 7) is 4.93. The van der Waals surface area contributed by atoms with Gasteiger partial charge in [-0.05, 0) is 31.0 Å². The van der Waals surface area contributed by atoms with Crippen LogP contribution in [0.15, 0.2) is 22.7 Å². The number of rotatable bonds is 2. The second kappa shape index (κ2) is 6.07. The van der Waals surface area contributed by atoms with Crippen molar-refractivity contribution < 1.29 is 4.74 Å². The zero-order valence-corrected chi connectivity index (χ0v) is 12.3. The molecule has 1 fully saturated rings. The maximum atomic E-state index is 6.01. The van der Waals surface area contributed by atoms with Crippen molar-refractivity contribution >= 4 is 33.2 Å². The van der Waals surface area contributed by atoms with Crippen LogP contribution in [0.25, 0.3) is 0 Å². The number of hydrogen-bond donors (Lipinski definition) is 0. The van der Waals surface area contributed by atoms with Crippen LogP contribution in [-0.2, 0) is 10.6 Å². The Morgan fingerprint density at radius 1 is 1.53 bits per heavy atom. The standard InChI is InChI=1S/C13H17BrClNO/c1-10-9-16(5-2-6-17-10)13-7-12(14)4-3-11(13)8-15/h3-4,7,10H,2,5-6,8-9H2,1H3. The van der Waals surface area contributed by atoms with E-state index in [4.69, 9.17) is 16.3 Å². The molecule has 1 aliphatic rings. The van der Waals surface area contributed by atoms with Gasteiger partial charge in [0.15, 0.2) is 0 Å². The molecule has 94 valence electrons. The second-order valence-electron chi connectivity index (χ2n) is 4.39. The van der Waals surface area contributed by atoms with E-state index in [1.165, 1.54) is 11.3 Å². The lowest BCUT2D eigenvalue weighted by Gasteiger charge is -2.26. The lowest BCUT2D eigenvalue weighted by Crippen LogP contribution is -2.30. The Labute approximate surface area is 116 Å². The molecule has 1 saturated heterocycles. The molecule has 2 rings (SSSR count). The molecule has 1 aromatic carbocycles. The Hall–Kier alpha value is -0.250. The summed E-state index contributed by atoms with van der Waals surface area (Å²) in [5.74, 6) is 0.550. The first-order valence-corrected chi connectivity index (χ1v) is 7.24. The highest BCUT2D eigenvalue weighted by Gasteiger charge is 2.17. The summed E-state index contributed by atoms with van der Waals surface area (Å²) in [5, 5.41) is 0. The Balaban J connectivity index is 2.27. The van der Waals surface area contributed by atoms with E-state index in [2.05, 4.69) is 39.9 Å². The SMILES string of the molecule is CC1CN(c2cc(Br)ccc2CCl)CCCO1. The molecule has 0 amide bonds. The Kier molecular flexibility index (Phi) is 4.71. The quantitative estimate of drug-likeness (QED) is 0.769. The molecule has 17 heavy (non-hydrogen) atoms. The van der Waals surface area contributed by atoms with Crippen LogP contribution >= 0.6 is 27.5 Å². The van der Waals surface area contributed by atoms with E-state index in [0.29, 0.717) is 5.88 Å². The summed E-state index contributed by atoms with van der Waals surface area (Å²) in [7, 11) is 0. The molecule has 0 aliphatic carbocycles. The average molecular weight is 319 g/mol. The van der Waals surface area contributed by atoms with E-state index in [9.17, 15) is 0 Å². The van der Waals surface area contributed by atoms with Crippen molar-refractivity contribution in [3.05, 3.63) is 28.2 Å². The van der Waals surface area contributed by atoms with E-state index in [1.54, 1.807) is 0 Å². The highest BCUT2D eigenvalue weighted by Crippen LogP contribution is 2.28. The first kappa shape index (κ1) is 13.2. The van der Waals surface area contributed by atoms with Gasteiger partial charge in [0.1, 0.15) is 0 Å². The molecule has 1 unspecified atom stereocenters. The summed E-state index contributed by atoms with van der Waals surface area (Å²) in [6.07, 6.45) is 1.35. The summed E-state index contributed by atoms with van der Waals surface area (Å²) in [4.78, 5) is 2.38. The van der Waals surface area contributed by atoms with Crippen molar-refractivity contribution in [2.75, 3.05) is 24.6 Å². The zero-order chi connectivity index (χ0) is 12.3. The highest BCUT2D eigenvalue weighted by molar-refractivity contribution is 9.10. The molecule has 4 heteroatoms. The maximum absolute atomic E-state index is 6.01. The van der Waals surface area contributed by atoms with E-state index in [-0.39, 0.29) is 6.10 Å². The number of hydrogen-bond acceptors (Lipinski definition) is 2. The largest absolute Gasteiger partial charge is 0.377 e. The minimum absolute atomic E-state index is 0.277. The summed E-state index contributed by atoms with van der Waals surface area (Å²) in [5.41, 5.74) is 2.41. The summed E-state index contributed by atoms with van der Waals surface area (Å²) >= 11 is 9.53. The monoisotopic (exact) mass is 317 g/mol. The van der Waals surface area contributed by atoms with Crippen molar-refractivity contribution in [2.24, 2.45) is 0 Å². The van der Waals surface area contributed by atoms with Gasteiger partial charge in [0.05, 0.1) is 6.10 Å². The zero-order valence-electron chi connectivity index (χ0n) is 9.96. The predicted octanol–water partition coefficient (Wildman–Crippen LogP) is 3.80. The average Bonchev–Trinajstić information content (AvgIpc) is 2.54. The minimum Gasteiger partial charge on any atom is -0.377 e. The lowest BCUT2D eigenvalue weighted by atomic mass is 10.1.